The van der Waals surface area contributed by atoms with Crippen LogP contribution in [0.15, 0.2) is 23.1 Å². The first-order valence-electron chi connectivity index (χ1n) is 3.70. The quantitative estimate of drug-likeness (QED) is 0.597. The molecule has 0 amide bonds. The van der Waals surface area contributed by atoms with Gasteiger partial charge in [-0.3, -0.25) is 4.79 Å². The Morgan fingerprint density at radius 3 is 2.67 bits per heavy atom. The summed E-state index contributed by atoms with van der Waals surface area (Å²) in [5.41, 5.74) is -0.347. The molecule has 1 aromatic rings. The molecule has 0 atom stereocenters. The van der Waals surface area contributed by atoms with E-state index in [9.17, 15) is 9.90 Å². The lowest BCUT2D eigenvalue weighted by atomic mass is 9.94. The van der Waals surface area contributed by atoms with E-state index in [1.807, 2.05) is 0 Å². The van der Waals surface area contributed by atoms with E-state index in [2.05, 4.69) is 4.98 Å². The Hall–Kier alpha value is -1.13. The summed E-state index contributed by atoms with van der Waals surface area (Å²) < 4.78 is 4.88. The molecule has 1 aliphatic heterocycles. The first kappa shape index (κ1) is 7.52. The van der Waals surface area contributed by atoms with Crippen molar-refractivity contribution in [3.63, 3.8) is 0 Å². The highest BCUT2D eigenvalue weighted by Crippen LogP contribution is 2.27. The van der Waals surface area contributed by atoms with E-state index in [1.54, 1.807) is 6.07 Å². The van der Waals surface area contributed by atoms with Crippen LogP contribution in [0, 0.1) is 0 Å². The van der Waals surface area contributed by atoms with E-state index in [-0.39, 0.29) is 5.56 Å². The van der Waals surface area contributed by atoms with Crippen LogP contribution < -0.4 is 5.56 Å². The summed E-state index contributed by atoms with van der Waals surface area (Å²) in [5.74, 6) is 0. The first-order valence-corrected chi connectivity index (χ1v) is 3.70. The van der Waals surface area contributed by atoms with Gasteiger partial charge in [-0.1, -0.05) is 0 Å². The van der Waals surface area contributed by atoms with Crippen molar-refractivity contribution in [3.05, 3.63) is 34.2 Å². The molecule has 4 heteroatoms. The zero-order valence-electron chi connectivity index (χ0n) is 6.41. The van der Waals surface area contributed by atoms with E-state index in [1.165, 1.54) is 12.3 Å². The topological polar surface area (TPSA) is 62.3 Å². The van der Waals surface area contributed by atoms with Crippen molar-refractivity contribution in [2.45, 2.75) is 5.60 Å². The Kier molecular flexibility index (Phi) is 1.52. The van der Waals surface area contributed by atoms with Crippen molar-refractivity contribution in [2.24, 2.45) is 0 Å². The van der Waals surface area contributed by atoms with Crippen molar-refractivity contribution in [3.8, 4) is 0 Å². The van der Waals surface area contributed by atoms with E-state index in [0.717, 1.165) is 0 Å². The van der Waals surface area contributed by atoms with Crippen LogP contribution in [0.5, 0.6) is 0 Å². The zero-order chi connectivity index (χ0) is 8.60. The van der Waals surface area contributed by atoms with Crippen LogP contribution >= 0.6 is 0 Å². The number of pyridine rings is 1. The second-order valence-corrected chi connectivity index (χ2v) is 2.97. The van der Waals surface area contributed by atoms with Gasteiger partial charge in [0.25, 0.3) is 0 Å². The zero-order valence-corrected chi connectivity index (χ0v) is 6.41. The fourth-order valence-corrected chi connectivity index (χ4v) is 1.16. The van der Waals surface area contributed by atoms with Crippen LogP contribution in [0.25, 0.3) is 0 Å². The summed E-state index contributed by atoms with van der Waals surface area (Å²) in [4.78, 5) is 13.2. The van der Waals surface area contributed by atoms with E-state index < -0.39 is 5.60 Å². The van der Waals surface area contributed by atoms with Crippen LogP contribution in [0.1, 0.15) is 5.56 Å². The van der Waals surface area contributed by atoms with Gasteiger partial charge >= 0.3 is 0 Å². The maximum absolute atomic E-state index is 10.7. The highest BCUT2D eigenvalue weighted by Gasteiger charge is 2.37. The van der Waals surface area contributed by atoms with Gasteiger partial charge in [0.05, 0.1) is 13.2 Å². The SMILES string of the molecule is O=c1ccc(C2(O)COC2)c[nH]1. The highest BCUT2D eigenvalue weighted by atomic mass is 16.5. The Balaban J connectivity index is 2.34. The van der Waals surface area contributed by atoms with Gasteiger partial charge in [0.15, 0.2) is 0 Å². The summed E-state index contributed by atoms with van der Waals surface area (Å²) >= 11 is 0. The highest BCUT2D eigenvalue weighted by molar-refractivity contribution is 5.20. The minimum Gasteiger partial charge on any atom is -0.380 e. The van der Waals surface area contributed by atoms with Crippen molar-refractivity contribution < 1.29 is 9.84 Å². The minimum absolute atomic E-state index is 0.164. The molecule has 64 valence electrons. The van der Waals surface area contributed by atoms with Crippen LogP contribution in [0.3, 0.4) is 0 Å². The second-order valence-electron chi connectivity index (χ2n) is 2.97. The van der Waals surface area contributed by atoms with E-state index >= 15 is 0 Å². The number of hydrogen-bond acceptors (Lipinski definition) is 3. The van der Waals surface area contributed by atoms with Gasteiger partial charge in [-0.25, -0.2) is 0 Å². The van der Waals surface area contributed by atoms with Gasteiger partial charge in [0.2, 0.25) is 5.56 Å². The summed E-state index contributed by atoms with van der Waals surface area (Å²) in [5, 5.41) is 9.73. The summed E-state index contributed by atoms with van der Waals surface area (Å²) in [6, 6.07) is 3.01. The molecule has 2 N–H and O–H groups in total. The monoisotopic (exact) mass is 167 g/mol. The molecule has 0 saturated carbocycles. The molecule has 12 heavy (non-hydrogen) atoms. The Labute approximate surface area is 68.8 Å². The molecular formula is C8H9NO3. The molecule has 0 unspecified atom stereocenters. The average molecular weight is 167 g/mol. The molecule has 0 spiro atoms. The molecule has 4 nitrogen and oxygen atoms in total. The van der Waals surface area contributed by atoms with Gasteiger partial charge in [0, 0.05) is 17.8 Å². The Morgan fingerprint density at radius 2 is 2.25 bits per heavy atom. The van der Waals surface area contributed by atoms with E-state index in [0.29, 0.717) is 18.8 Å². The predicted molar refractivity (Wildman–Crippen MR) is 41.8 cm³/mol. The van der Waals surface area contributed by atoms with Gasteiger partial charge in [0.1, 0.15) is 5.60 Å². The fraction of sp³-hybridized carbons (Fsp3) is 0.375. The first-order chi connectivity index (χ1) is 5.71. The van der Waals surface area contributed by atoms with Crippen molar-refractivity contribution >= 4 is 0 Å². The predicted octanol–water partition coefficient (Wildman–Crippen LogP) is -0.407. The maximum atomic E-state index is 10.7. The fourth-order valence-electron chi connectivity index (χ4n) is 1.16. The van der Waals surface area contributed by atoms with Crippen molar-refractivity contribution in [1.29, 1.82) is 0 Å². The number of ether oxygens (including phenoxy) is 1. The minimum atomic E-state index is -0.885. The Morgan fingerprint density at radius 1 is 1.50 bits per heavy atom. The lowest BCUT2D eigenvalue weighted by molar-refractivity contribution is -0.184. The molecule has 1 saturated heterocycles. The molecule has 1 aromatic heterocycles. The summed E-state index contributed by atoms with van der Waals surface area (Å²) in [6.07, 6.45) is 1.52. The molecule has 2 rings (SSSR count). The van der Waals surface area contributed by atoms with Gasteiger partial charge in [-0.15, -0.1) is 0 Å². The molecule has 1 fully saturated rings. The van der Waals surface area contributed by atoms with Crippen molar-refractivity contribution in [2.75, 3.05) is 13.2 Å². The number of aromatic amines is 1. The molecule has 0 bridgehead atoms. The molecule has 0 radical (unpaired) electrons. The van der Waals surface area contributed by atoms with Crippen LogP contribution in [-0.4, -0.2) is 23.3 Å². The van der Waals surface area contributed by atoms with E-state index in [4.69, 9.17) is 4.74 Å². The smallest absolute Gasteiger partial charge is 0.247 e. The molecule has 0 aromatic carbocycles. The number of rotatable bonds is 1. The Bertz CT molecular complexity index is 320. The van der Waals surface area contributed by atoms with Gasteiger partial charge in [-0.2, -0.15) is 0 Å². The normalized spacial score (nSPS) is 20.1. The molecule has 0 aliphatic carbocycles. The number of aliphatic hydroxyl groups is 1. The van der Waals surface area contributed by atoms with Crippen LogP contribution in [0.2, 0.25) is 0 Å². The summed E-state index contributed by atoms with van der Waals surface area (Å²) in [7, 11) is 0. The van der Waals surface area contributed by atoms with Gasteiger partial charge in [-0.05, 0) is 6.07 Å². The lowest BCUT2D eigenvalue weighted by Gasteiger charge is -2.36. The number of aromatic nitrogens is 1. The third-order valence-electron chi connectivity index (χ3n) is 2.00. The third kappa shape index (κ3) is 1.05. The maximum Gasteiger partial charge on any atom is 0.247 e. The number of nitrogens with one attached hydrogen (secondary N) is 1. The molecular weight excluding hydrogens is 158 g/mol. The molecule has 2 heterocycles. The standard InChI is InChI=1S/C8H9NO3/c10-7-2-1-6(3-9-7)8(11)4-12-5-8/h1-3,11H,4-5H2,(H,9,10). The largest absolute Gasteiger partial charge is 0.380 e. The van der Waals surface area contributed by atoms with Crippen molar-refractivity contribution in [1.82, 2.24) is 4.98 Å². The van der Waals surface area contributed by atoms with Crippen LogP contribution in [0.4, 0.5) is 0 Å². The number of H-pyrrole nitrogens is 1. The third-order valence-corrected chi connectivity index (χ3v) is 2.00. The average Bonchev–Trinajstić information content (AvgIpc) is 2.02. The second kappa shape index (κ2) is 2.43. The summed E-state index contributed by atoms with van der Waals surface area (Å²) in [6.45, 7) is 0.609. The number of hydrogen-bond donors (Lipinski definition) is 2. The lowest BCUT2D eigenvalue weighted by Crippen LogP contribution is -2.46. The van der Waals surface area contributed by atoms with Crippen LogP contribution in [-0.2, 0) is 10.3 Å². The molecule has 1 aliphatic rings. The van der Waals surface area contributed by atoms with Gasteiger partial charge < -0.3 is 14.8 Å².